The number of nitrogens with one attached hydrogen (secondary N) is 1. The fourth-order valence-corrected chi connectivity index (χ4v) is 2.16. The minimum Gasteiger partial charge on any atom is -0.495 e. The van der Waals surface area contributed by atoms with E-state index in [0.717, 1.165) is 0 Å². The highest BCUT2D eigenvalue weighted by Gasteiger charge is 2.13. The van der Waals surface area contributed by atoms with Gasteiger partial charge in [0.05, 0.1) is 17.8 Å². The summed E-state index contributed by atoms with van der Waals surface area (Å²) in [7, 11) is 1.54. The fraction of sp³-hybridized carbons (Fsp3) is 0.214. The largest absolute Gasteiger partial charge is 0.495 e. The fourth-order valence-electron chi connectivity index (χ4n) is 1.93. The summed E-state index contributed by atoms with van der Waals surface area (Å²) in [6, 6.07) is 6.72. The number of hydrogen-bond donors (Lipinski definition) is 2. The maximum Gasteiger partial charge on any atom is 0.272 e. The van der Waals surface area contributed by atoms with Crippen LogP contribution in [-0.2, 0) is 6.54 Å². The van der Waals surface area contributed by atoms with Crippen LogP contribution in [0.4, 0.5) is 11.4 Å². The summed E-state index contributed by atoms with van der Waals surface area (Å²) in [5, 5.41) is 3.32. The molecule has 3 N–H and O–H groups in total. The van der Waals surface area contributed by atoms with Crippen molar-refractivity contribution in [1.82, 2.24) is 4.57 Å². The number of halogens is 1. The molecule has 1 amide bonds. The first-order valence-corrected chi connectivity index (χ1v) is 6.53. The van der Waals surface area contributed by atoms with E-state index in [1.165, 1.54) is 0 Å². The second kappa shape index (κ2) is 5.88. The van der Waals surface area contributed by atoms with Crippen LogP contribution in [0.15, 0.2) is 30.5 Å². The van der Waals surface area contributed by atoms with Crippen LogP contribution in [0.2, 0.25) is 5.02 Å². The molecule has 20 heavy (non-hydrogen) atoms. The second-order valence-electron chi connectivity index (χ2n) is 4.24. The Bertz CT molecular complexity index is 637. The zero-order chi connectivity index (χ0) is 14.7. The smallest absolute Gasteiger partial charge is 0.272 e. The maximum absolute atomic E-state index is 12.2. The Morgan fingerprint density at radius 2 is 2.20 bits per heavy atom. The molecular formula is C14H16ClN3O2. The number of methoxy groups -OCH3 is 1. The molecule has 1 aromatic heterocycles. The number of nitrogens with two attached hydrogens (primary N) is 1. The number of carbonyl (C=O) groups excluding carboxylic acids is 1. The molecule has 106 valence electrons. The highest BCUT2D eigenvalue weighted by Crippen LogP contribution is 2.25. The van der Waals surface area contributed by atoms with Crippen LogP contribution in [0.1, 0.15) is 17.4 Å². The quantitative estimate of drug-likeness (QED) is 0.851. The Hall–Kier alpha value is -2.14. The van der Waals surface area contributed by atoms with Crippen molar-refractivity contribution in [2.75, 3.05) is 18.2 Å². The Morgan fingerprint density at radius 3 is 2.80 bits per heavy atom. The van der Waals surface area contributed by atoms with E-state index < -0.39 is 0 Å². The van der Waals surface area contributed by atoms with Crippen molar-refractivity contribution in [3.8, 4) is 5.75 Å². The summed E-state index contributed by atoms with van der Waals surface area (Å²) < 4.78 is 6.85. The van der Waals surface area contributed by atoms with Crippen molar-refractivity contribution in [2.45, 2.75) is 13.5 Å². The average Bonchev–Trinajstić information content (AvgIpc) is 2.80. The molecule has 0 aliphatic carbocycles. The van der Waals surface area contributed by atoms with Crippen molar-refractivity contribution in [2.24, 2.45) is 0 Å². The van der Waals surface area contributed by atoms with Gasteiger partial charge < -0.3 is 20.4 Å². The third-order valence-corrected chi connectivity index (χ3v) is 3.13. The lowest BCUT2D eigenvalue weighted by atomic mass is 10.2. The normalized spacial score (nSPS) is 10.3. The summed E-state index contributed by atoms with van der Waals surface area (Å²) in [6.45, 7) is 2.61. The van der Waals surface area contributed by atoms with Gasteiger partial charge in [0.1, 0.15) is 11.4 Å². The lowest BCUT2D eigenvalue weighted by Gasteiger charge is -2.10. The minimum absolute atomic E-state index is 0.233. The van der Waals surface area contributed by atoms with Crippen LogP contribution >= 0.6 is 11.6 Å². The Balaban J connectivity index is 2.21. The highest BCUT2D eigenvalue weighted by atomic mass is 35.5. The van der Waals surface area contributed by atoms with Gasteiger partial charge in [-0.2, -0.15) is 0 Å². The molecule has 0 bridgehead atoms. The molecule has 2 rings (SSSR count). The van der Waals surface area contributed by atoms with Crippen LogP contribution in [-0.4, -0.2) is 17.6 Å². The Morgan fingerprint density at radius 1 is 1.45 bits per heavy atom. The molecule has 0 unspecified atom stereocenters. The monoisotopic (exact) mass is 293 g/mol. The molecule has 1 aromatic carbocycles. The van der Waals surface area contributed by atoms with Crippen LogP contribution in [0.3, 0.4) is 0 Å². The number of rotatable bonds is 4. The minimum atomic E-state index is -0.233. The van der Waals surface area contributed by atoms with E-state index in [9.17, 15) is 4.79 Å². The predicted molar refractivity (Wildman–Crippen MR) is 80.5 cm³/mol. The second-order valence-corrected chi connectivity index (χ2v) is 4.68. The third kappa shape index (κ3) is 2.88. The lowest BCUT2D eigenvalue weighted by molar-refractivity contribution is 0.101. The summed E-state index contributed by atoms with van der Waals surface area (Å²) in [5.41, 5.74) is 7.38. The first-order chi connectivity index (χ1) is 9.55. The Kier molecular flexibility index (Phi) is 4.20. The zero-order valence-corrected chi connectivity index (χ0v) is 12.1. The molecule has 0 aliphatic rings. The summed E-state index contributed by atoms with van der Waals surface area (Å²) in [5.74, 6) is 0.339. The molecule has 0 saturated heterocycles. The number of amides is 1. The summed E-state index contributed by atoms with van der Waals surface area (Å²) >= 11 is 5.92. The van der Waals surface area contributed by atoms with Gasteiger partial charge in [-0.25, -0.2) is 0 Å². The van der Waals surface area contributed by atoms with Gasteiger partial charge in [-0.1, -0.05) is 11.6 Å². The van der Waals surface area contributed by atoms with Gasteiger partial charge in [0.15, 0.2) is 0 Å². The van der Waals surface area contributed by atoms with Crippen LogP contribution in [0.25, 0.3) is 0 Å². The number of hydrogen-bond acceptors (Lipinski definition) is 3. The molecule has 0 aliphatic heterocycles. The van der Waals surface area contributed by atoms with Crippen molar-refractivity contribution < 1.29 is 9.53 Å². The van der Waals surface area contributed by atoms with Crippen LogP contribution in [0, 0.1) is 0 Å². The van der Waals surface area contributed by atoms with Crippen molar-refractivity contribution >= 4 is 28.9 Å². The lowest BCUT2D eigenvalue weighted by Crippen LogP contribution is -2.16. The topological polar surface area (TPSA) is 69.3 Å². The first kappa shape index (κ1) is 14.3. The van der Waals surface area contributed by atoms with E-state index in [-0.39, 0.29) is 5.91 Å². The number of nitrogen functional groups attached to an aromatic ring is 1. The van der Waals surface area contributed by atoms with Gasteiger partial charge in [0.2, 0.25) is 0 Å². The molecule has 5 nitrogen and oxygen atoms in total. The molecule has 0 radical (unpaired) electrons. The van der Waals surface area contributed by atoms with Crippen LogP contribution in [0.5, 0.6) is 5.75 Å². The van der Waals surface area contributed by atoms with Gasteiger partial charge in [0.25, 0.3) is 5.91 Å². The number of aryl methyl sites for hydroxylation is 1. The molecular weight excluding hydrogens is 278 g/mol. The van der Waals surface area contributed by atoms with Crippen molar-refractivity contribution in [3.63, 3.8) is 0 Å². The molecule has 6 heteroatoms. The van der Waals surface area contributed by atoms with Gasteiger partial charge >= 0.3 is 0 Å². The standard InChI is InChI=1S/C14H16ClN3O2/c1-3-18-8-9(15)6-12(18)14(19)17-10-4-5-13(20-2)11(16)7-10/h4-8H,3,16H2,1-2H3,(H,17,19). The SMILES string of the molecule is CCn1cc(Cl)cc1C(=O)Nc1ccc(OC)c(N)c1. The molecule has 0 saturated carbocycles. The summed E-state index contributed by atoms with van der Waals surface area (Å²) in [6.07, 6.45) is 1.72. The molecule has 1 heterocycles. The molecule has 0 spiro atoms. The van der Waals surface area contributed by atoms with E-state index >= 15 is 0 Å². The molecule has 2 aromatic rings. The third-order valence-electron chi connectivity index (χ3n) is 2.92. The first-order valence-electron chi connectivity index (χ1n) is 6.15. The number of anilines is 2. The maximum atomic E-state index is 12.2. The number of ether oxygens (including phenoxy) is 1. The number of benzene rings is 1. The summed E-state index contributed by atoms with van der Waals surface area (Å²) in [4.78, 5) is 12.2. The van der Waals surface area contributed by atoms with E-state index in [4.69, 9.17) is 22.1 Å². The van der Waals surface area contributed by atoms with Gasteiger partial charge in [0, 0.05) is 18.4 Å². The van der Waals surface area contributed by atoms with Gasteiger partial charge in [-0.05, 0) is 31.2 Å². The van der Waals surface area contributed by atoms with E-state index in [2.05, 4.69) is 5.32 Å². The Labute approximate surface area is 122 Å². The predicted octanol–water partition coefficient (Wildman–Crippen LogP) is 3.00. The van der Waals surface area contributed by atoms with E-state index in [1.807, 2.05) is 6.92 Å². The molecule has 0 fully saturated rings. The van der Waals surface area contributed by atoms with Crippen molar-refractivity contribution in [3.05, 3.63) is 41.2 Å². The zero-order valence-electron chi connectivity index (χ0n) is 11.3. The van der Waals surface area contributed by atoms with Gasteiger partial charge in [-0.15, -0.1) is 0 Å². The van der Waals surface area contributed by atoms with Gasteiger partial charge in [-0.3, -0.25) is 4.79 Å². The average molecular weight is 294 g/mol. The number of aromatic nitrogens is 1. The van der Waals surface area contributed by atoms with E-state index in [1.54, 1.807) is 42.1 Å². The molecule has 0 atom stereocenters. The van der Waals surface area contributed by atoms with E-state index in [0.29, 0.717) is 34.4 Å². The number of nitrogens with zero attached hydrogens (tertiary/aromatic N) is 1. The highest BCUT2D eigenvalue weighted by molar-refractivity contribution is 6.31. The number of carbonyl (C=O) groups is 1. The van der Waals surface area contributed by atoms with Crippen molar-refractivity contribution in [1.29, 1.82) is 0 Å². The van der Waals surface area contributed by atoms with Crippen LogP contribution < -0.4 is 15.8 Å².